The van der Waals surface area contributed by atoms with Crippen molar-refractivity contribution in [2.45, 2.75) is 38.1 Å². The minimum Gasteiger partial charge on any atom is -0.302 e. The van der Waals surface area contributed by atoms with Crippen LogP contribution in [0.5, 0.6) is 0 Å². The van der Waals surface area contributed by atoms with Gasteiger partial charge < -0.3 is 4.79 Å². The molecule has 0 radical (unpaired) electrons. The predicted molar refractivity (Wildman–Crippen MR) is 87.3 cm³/mol. The Morgan fingerprint density at radius 2 is 1.91 bits per heavy atom. The van der Waals surface area contributed by atoms with E-state index in [4.69, 9.17) is 4.99 Å². The molecule has 3 aliphatic rings. The second-order valence-corrected chi connectivity index (χ2v) is 6.65. The minimum absolute atomic E-state index is 0.115. The van der Waals surface area contributed by atoms with Crippen molar-refractivity contribution in [1.82, 2.24) is 10.0 Å². The van der Waals surface area contributed by atoms with Crippen molar-refractivity contribution in [1.29, 1.82) is 0 Å². The number of carbonyl (C=O) groups is 1. The number of carbonyl (C=O) groups excluding carboxylic acids is 1. The number of benzene rings is 1. The SMILES string of the molecule is O=C[C@@H]1CCCN1N1CCC(C2=Nc3ccccc3C2)CC1. The van der Waals surface area contributed by atoms with Crippen LogP contribution in [0.4, 0.5) is 5.69 Å². The average molecular weight is 297 g/mol. The van der Waals surface area contributed by atoms with Crippen LogP contribution in [0.2, 0.25) is 0 Å². The number of aliphatic imine (C=N–C) groups is 1. The lowest BCUT2D eigenvalue weighted by molar-refractivity contribution is -0.120. The molecule has 4 nitrogen and oxygen atoms in total. The lowest BCUT2D eigenvalue weighted by Crippen LogP contribution is -2.50. The Morgan fingerprint density at radius 1 is 1.09 bits per heavy atom. The number of fused-ring (bicyclic) bond motifs is 1. The number of piperidine rings is 1. The molecule has 4 rings (SSSR count). The molecule has 0 saturated carbocycles. The second-order valence-electron chi connectivity index (χ2n) is 6.65. The lowest BCUT2D eigenvalue weighted by atomic mass is 9.90. The molecule has 22 heavy (non-hydrogen) atoms. The molecule has 4 heteroatoms. The van der Waals surface area contributed by atoms with Crippen LogP contribution in [0.15, 0.2) is 29.3 Å². The van der Waals surface area contributed by atoms with E-state index >= 15 is 0 Å². The molecule has 0 amide bonds. The van der Waals surface area contributed by atoms with E-state index in [2.05, 4.69) is 34.3 Å². The maximum Gasteiger partial charge on any atom is 0.138 e. The first-order valence-electron chi connectivity index (χ1n) is 8.47. The summed E-state index contributed by atoms with van der Waals surface area (Å²) in [6, 6.07) is 8.61. The Hall–Kier alpha value is -1.52. The number of hydrogen-bond acceptors (Lipinski definition) is 4. The largest absolute Gasteiger partial charge is 0.302 e. The van der Waals surface area contributed by atoms with E-state index in [0.717, 1.165) is 58.0 Å². The molecule has 3 heterocycles. The summed E-state index contributed by atoms with van der Waals surface area (Å²) < 4.78 is 0. The Morgan fingerprint density at radius 3 is 2.68 bits per heavy atom. The smallest absolute Gasteiger partial charge is 0.138 e. The van der Waals surface area contributed by atoms with E-state index in [1.54, 1.807) is 0 Å². The molecule has 0 aromatic heterocycles. The molecular formula is C18H23N3O. The van der Waals surface area contributed by atoms with Gasteiger partial charge >= 0.3 is 0 Å². The van der Waals surface area contributed by atoms with Crippen LogP contribution in [0.25, 0.3) is 0 Å². The Balaban J connectivity index is 1.38. The van der Waals surface area contributed by atoms with Gasteiger partial charge in [-0.15, -0.1) is 0 Å². The number of aldehydes is 1. The quantitative estimate of drug-likeness (QED) is 0.805. The molecule has 3 aliphatic heterocycles. The summed E-state index contributed by atoms with van der Waals surface area (Å²) in [5.74, 6) is 0.612. The van der Waals surface area contributed by atoms with Crippen LogP contribution in [0.3, 0.4) is 0 Å². The number of nitrogens with zero attached hydrogens (tertiary/aromatic N) is 3. The number of hydrogen-bond donors (Lipinski definition) is 0. The highest BCUT2D eigenvalue weighted by molar-refractivity contribution is 5.95. The zero-order chi connectivity index (χ0) is 14.9. The highest BCUT2D eigenvalue weighted by Gasteiger charge is 2.33. The van der Waals surface area contributed by atoms with E-state index in [9.17, 15) is 4.79 Å². The predicted octanol–water partition coefficient (Wildman–Crippen LogP) is 2.61. The van der Waals surface area contributed by atoms with Gasteiger partial charge in [-0.25, -0.2) is 10.0 Å². The molecular weight excluding hydrogens is 274 g/mol. The van der Waals surface area contributed by atoms with E-state index in [1.807, 2.05) is 0 Å². The molecule has 2 saturated heterocycles. The highest BCUT2D eigenvalue weighted by atomic mass is 16.1. The third-order valence-electron chi connectivity index (χ3n) is 5.36. The lowest BCUT2D eigenvalue weighted by Gasteiger charge is -2.39. The Labute approximate surface area is 131 Å². The van der Waals surface area contributed by atoms with E-state index in [0.29, 0.717) is 5.92 Å². The minimum atomic E-state index is 0.115. The molecule has 1 aromatic rings. The fourth-order valence-corrected chi connectivity index (χ4v) is 4.12. The van der Waals surface area contributed by atoms with Gasteiger partial charge in [0.05, 0.1) is 11.7 Å². The standard InChI is InChI=1S/C18H23N3O/c22-13-16-5-3-9-21(16)20-10-7-14(8-11-20)18-12-15-4-1-2-6-17(15)19-18/h1-2,4,6,13-14,16H,3,5,7-12H2/t16-/m0/s1. The third-order valence-corrected chi connectivity index (χ3v) is 5.36. The van der Waals surface area contributed by atoms with E-state index in [1.165, 1.54) is 17.0 Å². The van der Waals surface area contributed by atoms with E-state index < -0.39 is 0 Å². The first kappa shape index (κ1) is 14.1. The summed E-state index contributed by atoms with van der Waals surface area (Å²) >= 11 is 0. The van der Waals surface area contributed by atoms with Crippen molar-refractivity contribution in [2.75, 3.05) is 19.6 Å². The summed E-state index contributed by atoms with van der Waals surface area (Å²) in [5.41, 5.74) is 3.91. The number of rotatable bonds is 3. The van der Waals surface area contributed by atoms with Crippen molar-refractivity contribution < 1.29 is 4.79 Å². The van der Waals surface area contributed by atoms with Gasteiger partial charge in [0.25, 0.3) is 0 Å². The molecule has 0 spiro atoms. The van der Waals surface area contributed by atoms with Crippen molar-refractivity contribution in [3.05, 3.63) is 29.8 Å². The van der Waals surface area contributed by atoms with Gasteiger partial charge in [-0.1, -0.05) is 18.2 Å². The molecule has 0 unspecified atom stereocenters. The fraction of sp³-hybridized carbons (Fsp3) is 0.556. The van der Waals surface area contributed by atoms with Gasteiger partial charge in [0.2, 0.25) is 0 Å². The first-order valence-corrected chi connectivity index (χ1v) is 8.47. The molecule has 1 atom stereocenters. The third kappa shape index (κ3) is 2.50. The van der Waals surface area contributed by atoms with E-state index in [-0.39, 0.29) is 6.04 Å². The molecule has 0 aliphatic carbocycles. The average Bonchev–Trinajstić information content (AvgIpc) is 3.21. The highest BCUT2D eigenvalue weighted by Crippen LogP contribution is 2.32. The zero-order valence-electron chi connectivity index (χ0n) is 12.9. The molecule has 0 bridgehead atoms. The van der Waals surface area contributed by atoms with Crippen LogP contribution in [0.1, 0.15) is 31.2 Å². The maximum absolute atomic E-state index is 11.2. The maximum atomic E-state index is 11.2. The second kappa shape index (κ2) is 5.94. The van der Waals surface area contributed by atoms with Gasteiger partial charge in [0.1, 0.15) is 6.29 Å². The fourth-order valence-electron chi connectivity index (χ4n) is 4.12. The topological polar surface area (TPSA) is 35.9 Å². The first-order chi connectivity index (χ1) is 10.8. The van der Waals surface area contributed by atoms with Crippen LogP contribution in [-0.2, 0) is 11.2 Å². The van der Waals surface area contributed by atoms with Crippen molar-refractivity contribution >= 4 is 17.7 Å². The Bertz CT molecular complexity index is 590. The van der Waals surface area contributed by atoms with Crippen LogP contribution in [-0.4, -0.2) is 47.7 Å². The van der Waals surface area contributed by atoms with Gasteiger partial charge in [-0.2, -0.15) is 0 Å². The summed E-state index contributed by atoms with van der Waals surface area (Å²) in [6.45, 7) is 3.16. The summed E-state index contributed by atoms with van der Waals surface area (Å²) in [6.07, 6.45) is 6.64. The van der Waals surface area contributed by atoms with Crippen LogP contribution < -0.4 is 0 Å². The van der Waals surface area contributed by atoms with Gasteiger partial charge in [0.15, 0.2) is 0 Å². The summed E-state index contributed by atoms with van der Waals surface area (Å²) in [5, 5.41) is 4.71. The van der Waals surface area contributed by atoms with Crippen molar-refractivity contribution in [3.63, 3.8) is 0 Å². The Kier molecular flexibility index (Phi) is 3.80. The molecule has 0 N–H and O–H groups in total. The van der Waals surface area contributed by atoms with Crippen LogP contribution >= 0.6 is 0 Å². The van der Waals surface area contributed by atoms with Crippen LogP contribution in [0, 0.1) is 5.92 Å². The molecule has 116 valence electrons. The normalized spacial score (nSPS) is 26.9. The van der Waals surface area contributed by atoms with Gasteiger partial charge in [-0.05, 0) is 37.3 Å². The van der Waals surface area contributed by atoms with Gasteiger partial charge in [-0.3, -0.25) is 4.99 Å². The van der Waals surface area contributed by atoms with Crippen molar-refractivity contribution in [3.8, 4) is 0 Å². The molecule has 1 aromatic carbocycles. The summed E-state index contributed by atoms with van der Waals surface area (Å²) in [7, 11) is 0. The van der Waals surface area contributed by atoms with Gasteiger partial charge in [0, 0.05) is 37.7 Å². The molecule has 2 fully saturated rings. The van der Waals surface area contributed by atoms with Crippen molar-refractivity contribution in [2.24, 2.45) is 10.9 Å². The zero-order valence-corrected chi connectivity index (χ0v) is 12.9. The number of para-hydroxylation sites is 1. The monoisotopic (exact) mass is 297 g/mol. The number of hydrazine groups is 1. The summed E-state index contributed by atoms with van der Waals surface area (Å²) in [4.78, 5) is 16.0.